The predicted octanol–water partition coefficient (Wildman–Crippen LogP) is 1.32. The second-order valence-electron chi connectivity index (χ2n) is 3.73. The molecule has 0 aliphatic carbocycles. The summed E-state index contributed by atoms with van der Waals surface area (Å²) in [4.78, 5) is 2.19. The average Bonchev–Trinajstić information content (AvgIpc) is 2.27. The van der Waals surface area contributed by atoms with E-state index in [0.29, 0.717) is 12.8 Å². The predicted molar refractivity (Wildman–Crippen MR) is 69.4 cm³/mol. The van der Waals surface area contributed by atoms with Gasteiger partial charge in [0.05, 0.1) is 0 Å². The SMILES string of the molecule is [Li][Se]c1cccc2cccc(N(C)C)c12. The van der Waals surface area contributed by atoms with Crippen molar-refractivity contribution in [3.63, 3.8) is 0 Å². The van der Waals surface area contributed by atoms with Crippen molar-refractivity contribution < 1.29 is 0 Å². The summed E-state index contributed by atoms with van der Waals surface area (Å²) in [5, 5.41) is 2.77. The molecule has 2 rings (SSSR count). The van der Waals surface area contributed by atoms with Crippen LogP contribution >= 0.6 is 0 Å². The molecule has 1 nitrogen and oxygen atoms in total. The normalized spacial score (nSPS) is 10.7. The number of benzene rings is 2. The van der Waals surface area contributed by atoms with Gasteiger partial charge in [0.2, 0.25) is 0 Å². The molecule has 72 valence electrons. The topological polar surface area (TPSA) is 3.24 Å². The molecule has 3 heteroatoms. The van der Waals surface area contributed by atoms with Crippen LogP contribution in [0.25, 0.3) is 10.8 Å². The van der Waals surface area contributed by atoms with Crippen LogP contribution in [0.15, 0.2) is 36.4 Å². The maximum atomic E-state index is 2.27. The molecule has 0 saturated heterocycles. The van der Waals surface area contributed by atoms with Crippen molar-refractivity contribution in [2.24, 2.45) is 0 Å². The molecule has 0 spiro atoms. The Bertz CT molecular complexity index is 477. The fourth-order valence-corrected chi connectivity index (χ4v) is 3.18. The van der Waals surface area contributed by atoms with Gasteiger partial charge in [-0.1, -0.05) is 0 Å². The fraction of sp³-hybridized carbons (Fsp3) is 0.167. The quantitative estimate of drug-likeness (QED) is 0.732. The maximum absolute atomic E-state index is 2.27. The molecule has 0 unspecified atom stereocenters. The van der Waals surface area contributed by atoms with Gasteiger partial charge in [-0.3, -0.25) is 0 Å². The Kier molecular flexibility index (Phi) is 3.44. The van der Waals surface area contributed by atoms with Crippen molar-refractivity contribution in [1.29, 1.82) is 0 Å². The Morgan fingerprint density at radius 3 is 2.33 bits per heavy atom. The van der Waals surface area contributed by atoms with E-state index >= 15 is 0 Å². The molecular formula is C12H12LiNSe. The van der Waals surface area contributed by atoms with Crippen LogP contribution in [-0.4, -0.2) is 42.6 Å². The second-order valence-corrected chi connectivity index (χ2v) is 5.51. The molecule has 0 aliphatic heterocycles. The van der Waals surface area contributed by atoms with E-state index in [1.807, 2.05) is 0 Å². The molecule has 2 aromatic carbocycles. The number of rotatable bonds is 2. The Labute approximate surface area is 105 Å². The zero-order valence-corrected chi connectivity index (χ0v) is 11.0. The molecule has 0 aromatic heterocycles. The van der Waals surface area contributed by atoms with Crippen LogP contribution in [-0.2, 0) is 0 Å². The Morgan fingerprint density at radius 2 is 1.73 bits per heavy atom. The first-order chi connectivity index (χ1) is 7.24. The molecule has 0 saturated carbocycles. The molecule has 0 N–H and O–H groups in total. The van der Waals surface area contributed by atoms with Crippen molar-refractivity contribution in [2.45, 2.75) is 0 Å². The van der Waals surface area contributed by atoms with Crippen molar-refractivity contribution in [3.05, 3.63) is 36.4 Å². The molecule has 0 amide bonds. The van der Waals surface area contributed by atoms with E-state index in [1.54, 1.807) is 0 Å². The first kappa shape index (κ1) is 11.1. The molecule has 0 atom stereocenters. The van der Waals surface area contributed by atoms with E-state index in [0.717, 1.165) is 0 Å². The van der Waals surface area contributed by atoms with Gasteiger partial charge in [0.15, 0.2) is 0 Å². The van der Waals surface area contributed by atoms with E-state index in [4.69, 9.17) is 0 Å². The van der Waals surface area contributed by atoms with Gasteiger partial charge in [0.1, 0.15) is 0 Å². The van der Waals surface area contributed by atoms with Crippen molar-refractivity contribution in [2.75, 3.05) is 19.0 Å². The van der Waals surface area contributed by atoms with Gasteiger partial charge in [0, 0.05) is 0 Å². The van der Waals surface area contributed by atoms with Gasteiger partial charge in [-0.15, -0.1) is 0 Å². The third-order valence-electron chi connectivity index (χ3n) is 2.55. The van der Waals surface area contributed by atoms with E-state index < -0.39 is 0 Å². The number of anilines is 1. The van der Waals surface area contributed by atoms with Crippen LogP contribution in [0, 0.1) is 0 Å². The molecule has 0 bridgehead atoms. The van der Waals surface area contributed by atoms with Crippen LogP contribution in [0.5, 0.6) is 0 Å². The molecule has 2 aromatic rings. The standard InChI is InChI=1S/C12H13NSe.Li/c1-13(2)10-7-3-5-9-6-4-8-11(14)12(9)10;/h3-8,14H,1-2H3;/q;+1/p-1. The van der Waals surface area contributed by atoms with Gasteiger partial charge in [-0.05, 0) is 0 Å². The summed E-state index contributed by atoms with van der Waals surface area (Å²) in [5.74, 6) is 0. The molecule has 15 heavy (non-hydrogen) atoms. The molecule has 0 heterocycles. The summed E-state index contributed by atoms with van der Waals surface area (Å²) >= 11 is 2.82. The molecule has 0 fully saturated rings. The number of nitrogens with zero attached hydrogens (tertiary/aromatic N) is 1. The van der Waals surface area contributed by atoms with E-state index in [-0.39, 0.29) is 0 Å². The summed E-state index contributed by atoms with van der Waals surface area (Å²) in [6.07, 6.45) is 0. The Hall–Kier alpha value is -0.383. The number of hydrogen-bond acceptors (Lipinski definition) is 1. The summed E-state index contributed by atoms with van der Waals surface area (Å²) in [7, 11) is 4.21. The van der Waals surface area contributed by atoms with Crippen LogP contribution in [0.1, 0.15) is 0 Å². The number of fused-ring (bicyclic) bond motifs is 1. The minimum atomic E-state index is 0.547. The summed E-state index contributed by atoms with van der Waals surface area (Å²) in [6.45, 7) is 0. The molecule has 0 aliphatic rings. The zero-order chi connectivity index (χ0) is 10.8. The first-order valence-corrected chi connectivity index (χ1v) is 7.54. The minimum absolute atomic E-state index is 0.547. The molecule has 0 radical (unpaired) electrons. The first-order valence-electron chi connectivity index (χ1n) is 4.97. The monoisotopic (exact) mass is 257 g/mol. The van der Waals surface area contributed by atoms with Crippen LogP contribution in [0.3, 0.4) is 0 Å². The Morgan fingerprint density at radius 1 is 1.07 bits per heavy atom. The van der Waals surface area contributed by atoms with Crippen molar-refractivity contribution in [3.8, 4) is 0 Å². The van der Waals surface area contributed by atoms with E-state index in [1.165, 1.54) is 20.9 Å². The molecular weight excluding hydrogens is 244 g/mol. The van der Waals surface area contributed by atoms with Gasteiger partial charge in [-0.25, -0.2) is 0 Å². The van der Waals surface area contributed by atoms with E-state index in [9.17, 15) is 0 Å². The fourth-order valence-electron chi connectivity index (χ4n) is 1.83. The van der Waals surface area contributed by atoms with Gasteiger partial charge in [-0.2, -0.15) is 0 Å². The Balaban J connectivity index is 2.81. The van der Waals surface area contributed by atoms with Gasteiger partial charge < -0.3 is 0 Å². The van der Waals surface area contributed by atoms with Gasteiger partial charge in [0.25, 0.3) is 0 Å². The second kappa shape index (κ2) is 4.64. The van der Waals surface area contributed by atoms with Crippen molar-refractivity contribution >= 4 is 49.5 Å². The van der Waals surface area contributed by atoms with E-state index in [2.05, 4.69) is 71.2 Å². The van der Waals surface area contributed by atoms with Crippen LogP contribution < -0.4 is 9.36 Å². The van der Waals surface area contributed by atoms with Crippen LogP contribution in [0.2, 0.25) is 0 Å². The third-order valence-corrected chi connectivity index (χ3v) is 4.18. The summed E-state index contributed by atoms with van der Waals surface area (Å²) in [6, 6.07) is 13.1. The summed E-state index contributed by atoms with van der Waals surface area (Å²) in [5.41, 5.74) is 1.33. The summed E-state index contributed by atoms with van der Waals surface area (Å²) < 4.78 is 1.49. The third kappa shape index (κ3) is 2.09. The average molecular weight is 256 g/mol. The van der Waals surface area contributed by atoms with Gasteiger partial charge >= 0.3 is 105 Å². The van der Waals surface area contributed by atoms with Crippen LogP contribution in [0.4, 0.5) is 5.69 Å². The van der Waals surface area contributed by atoms with Crippen molar-refractivity contribution in [1.82, 2.24) is 0 Å². The number of hydrogen-bond donors (Lipinski definition) is 0. The zero-order valence-electron chi connectivity index (χ0n) is 9.32.